The fraction of sp³-hybridized carbons (Fsp3) is 0.692. The van der Waals surface area contributed by atoms with Gasteiger partial charge in [-0.05, 0) is 32.2 Å². The minimum atomic E-state index is 0.810. The molecule has 2 N–H and O–H groups in total. The fourth-order valence-electron chi connectivity index (χ4n) is 1.79. The zero-order valence-corrected chi connectivity index (χ0v) is 10.6. The Kier molecular flexibility index (Phi) is 4.74. The first-order valence-corrected chi connectivity index (χ1v) is 6.66. The van der Waals surface area contributed by atoms with E-state index in [1.54, 1.807) is 6.33 Å². The molecule has 1 aliphatic rings. The predicted octanol–water partition coefficient (Wildman–Crippen LogP) is 1.98. The quantitative estimate of drug-likeness (QED) is 0.675. The van der Waals surface area contributed by atoms with E-state index >= 15 is 0 Å². The molecule has 4 heteroatoms. The van der Waals surface area contributed by atoms with Gasteiger partial charge in [-0.2, -0.15) is 0 Å². The van der Waals surface area contributed by atoms with Crippen molar-refractivity contribution in [3.63, 3.8) is 0 Å². The van der Waals surface area contributed by atoms with Gasteiger partial charge < -0.3 is 10.6 Å². The maximum atomic E-state index is 4.24. The number of hydrogen-bond donors (Lipinski definition) is 2. The summed E-state index contributed by atoms with van der Waals surface area (Å²) in [5.41, 5.74) is 1.13. The molecule has 2 rings (SSSR count). The van der Waals surface area contributed by atoms with Crippen LogP contribution >= 0.6 is 0 Å². The van der Waals surface area contributed by atoms with Crippen molar-refractivity contribution in [2.45, 2.75) is 45.1 Å². The molecule has 1 fully saturated rings. The van der Waals surface area contributed by atoms with Gasteiger partial charge >= 0.3 is 0 Å². The third-order valence-electron chi connectivity index (χ3n) is 2.90. The average molecular weight is 234 g/mol. The van der Waals surface area contributed by atoms with E-state index < -0.39 is 0 Å². The van der Waals surface area contributed by atoms with Gasteiger partial charge in [-0.25, -0.2) is 9.97 Å². The van der Waals surface area contributed by atoms with Crippen LogP contribution in [0.15, 0.2) is 12.4 Å². The van der Waals surface area contributed by atoms with Gasteiger partial charge in [-0.15, -0.1) is 0 Å². The molecule has 0 amide bonds. The van der Waals surface area contributed by atoms with Gasteiger partial charge in [0.05, 0.1) is 0 Å². The van der Waals surface area contributed by atoms with Crippen LogP contribution in [0.25, 0.3) is 0 Å². The molecular formula is C13H22N4. The Hall–Kier alpha value is -1.16. The Morgan fingerprint density at radius 1 is 1.29 bits per heavy atom. The van der Waals surface area contributed by atoms with Crippen LogP contribution in [0.4, 0.5) is 5.82 Å². The second-order valence-corrected chi connectivity index (χ2v) is 4.65. The molecule has 0 radical (unpaired) electrons. The molecule has 0 aromatic carbocycles. The van der Waals surface area contributed by atoms with Crippen molar-refractivity contribution >= 4 is 5.82 Å². The second-order valence-electron chi connectivity index (χ2n) is 4.65. The van der Waals surface area contributed by atoms with Crippen molar-refractivity contribution in [1.82, 2.24) is 15.3 Å². The van der Waals surface area contributed by atoms with Crippen LogP contribution < -0.4 is 10.6 Å². The smallest absolute Gasteiger partial charge is 0.129 e. The molecule has 0 unspecified atom stereocenters. The number of nitrogens with one attached hydrogen (secondary N) is 2. The number of nitrogens with zero attached hydrogens (tertiary/aromatic N) is 2. The number of hydrogen-bond acceptors (Lipinski definition) is 4. The highest BCUT2D eigenvalue weighted by Gasteiger charge is 2.19. The molecule has 0 spiro atoms. The number of aryl methyl sites for hydroxylation is 1. The lowest BCUT2D eigenvalue weighted by Crippen LogP contribution is -2.20. The normalized spacial score (nSPS) is 14.9. The summed E-state index contributed by atoms with van der Waals surface area (Å²) in [6.45, 7) is 4.24. The lowest BCUT2D eigenvalue weighted by atomic mass is 10.2. The van der Waals surface area contributed by atoms with Crippen LogP contribution in [0, 0.1) is 0 Å². The average Bonchev–Trinajstić information content (AvgIpc) is 3.14. The largest absolute Gasteiger partial charge is 0.370 e. The van der Waals surface area contributed by atoms with E-state index in [1.807, 2.05) is 0 Å². The van der Waals surface area contributed by atoms with Crippen molar-refractivity contribution in [2.24, 2.45) is 0 Å². The lowest BCUT2D eigenvalue weighted by Gasteiger charge is -2.07. The summed E-state index contributed by atoms with van der Waals surface area (Å²) in [4.78, 5) is 8.47. The molecule has 0 atom stereocenters. The van der Waals surface area contributed by atoms with Crippen molar-refractivity contribution in [3.05, 3.63) is 18.1 Å². The molecule has 94 valence electrons. The van der Waals surface area contributed by atoms with Gasteiger partial charge in [-0.3, -0.25) is 0 Å². The van der Waals surface area contributed by atoms with Crippen LogP contribution in [0.1, 0.15) is 38.3 Å². The standard InChI is InChI=1S/C13H22N4/c1-2-4-12-9-13(17-10-16-12)15-8-3-7-14-11-5-6-11/h9-11,14H,2-8H2,1H3,(H,15,16,17). The third-order valence-corrected chi connectivity index (χ3v) is 2.90. The summed E-state index contributed by atoms with van der Waals surface area (Å²) in [6.07, 6.45) is 7.67. The van der Waals surface area contributed by atoms with Gasteiger partial charge in [0.1, 0.15) is 12.1 Å². The molecule has 0 saturated heterocycles. The monoisotopic (exact) mass is 234 g/mol. The van der Waals surface area contributed by atoms with E-state index in [9.17, 15) is 0 Å². The summed E-state index contributed by atoms with van der Waals surface area (Å²) >= 11 is 0. The topological polar surface area (TPSA) is 49.8 Å². The summed E-state index contributed by atoms with van der Waals surface area (Å²) in [5.74, 6) is 0.954. The van der Waals surface area contributed by atoms with Crippen molar-refractivity contribution in [2.75, 3.05) is 18.4 Å². The molecule has 4 nitrogen and oxygen atoms in total. The Morgan fingerprint density at radius 3 is 2.94 bits per heavy atom. The Labute approximate surface area is 103 Å². The summed E-state index contributed by atoms with van der Waals surface area (Å²) in [5, 5.41) is 6.85. The molecule has 1 heterocycles. The number of anilines is 1. The summed E-state index contributed by atoms with van der Waals surface area (Å²) in [6, 6.07) is 2.86. The molecule has 17 heavy (non-hydrogen) atoms. The highest BCUT2D eigenvalue weighted by atomic mass is 15.0. The van der Waals surface area contributed by atoms with Gasteiger partial charge in [0, 0.05) is 24.3 Å². The minimum absolute atomic E-state index is 0.810. The van der Waals surface area contributed by atoms with Crippen molar-refractivity contribution in [3.8, 4) is 0 Å². The molecular weight excluding hydrogens is 212 g/mol. The first kappa shape index (κ1) is 12.3. The van der Waals surface area contributed by atoms with Crippen LogP contribution in [0.3, 0.4) is 0 Å². The Balaban J connectivity index is 1.64. The van der Waals surface area contributed by atoms with E-state index in [4.69, 9.17) is 0 Å². The van der Waals surface area contributed by atoms with Crippen molar-refractivity contribution < 1.29 is 0 Å². The predicted molar refractivity (Wildman–Crippen MR) is 70.2 cm³/mol. The number of aromatic nitrogens is 2. The van der Waals surface area contributed by atoms with Crippen LogP contribution in [0.2, 0.25) is 0 Å². The Morgan fingerprint density at radius 2 is 2.18 bits per heavy atom. The zero-order chi connectivity index (χ0) is 11.9. The SMILES string of the molecule is CCCc1cc(NCCCNC2CC2)ncn1. The van der Waals surface area contributed by atoms with E-state index in [0.29, 0.717) is 0 Å². The first-order chi connectivity index (χ1) is 8.38. The fourth-order valence-corrected chi connectivity index (χ4v) is 1.79. The molecule has 0 aliphatic heterocycles. The van der Waals surface area contributed by atoms with Gasteiger partial charge in [0.15, 0.2) is 0 Å². The number of rotatable bonds is 8. The van der Waals surface area contributed by atoms with E-state index in [1.165, 1.54) is 12.8 Å². The maximum Gasteiger partial charge on any atom is 0.129 e. The van der Waals surface area contributed by atoms with Crippen LogP contribution in [-0.4, -0.2) is 29.1 Å². The molecule has 1 aromatic heterocycles. The molecule has 1 saturated carbocycles. The zero-order valence-electron chi connectivity index (χ0n) is 10.6. The van der Waals surface area contributed by atoms with Gasteiger partial charge in [0.2, 0.25) is 0 Å². The summed E-state index contributed by atoms with van der Waals surface area (Å²) in [7, 11) is 0. The van der Waals surface area contributed by atoms with Crippen LogP contribution in [0.5, 0.6) is 0 Å². The van der Waals surface area contributed by atoms with Crippen molar-refractivity contribution in [1.29, 1.82) is 0 Å². The molecule has 1 aromatic rings. The van der Waals surface area contributed by atoms with Gasteiger partial charge in [-0.1, -0.05) is 13.3 Å². The van der Waals surface area contributed by atoms with E-state index in [0.717, 1.165) is 49.9 Å². The first-order valence-electron chi connectivity index (χ1n) is 6.66. The Bertz CT molecular complexity index is 336. The van der Waals surface area contributed by atoms with E-state index in [2.05, 4.69) is 33.6 Å². The summed E-state index contributed by atoms with van der Waals surface area (Å²) < 4.78 is 0. The minimum Gasteiger partial charge on any atom is -0.370 e. The maximum absolute atomic E-state index is 4.24. The van der Waals surface area contributed by atoms with Gasteiger partial charge in [0.25, 0.3) is 0 Å². The lowest BCUT2D eigenvalue weighted by molar-refractivity contribution is 0.658. The third kappa shape index (κ3) is 4.69. The highest BCUT2D eigenvalue weighted by Crippen LogP contribution is 2.18. The molecule has 0 bridgehead atoms. The van der Waals surface area contributed by atoms with Crippen LogP contribution in [-0.2, 0) is 6.42 Å². The second kappa shape index (κ2) is 6.55. The highest BCUT2D eigenvalue weighted by molar-refractivity contribution is 5.34. The molecule has 1 aliphatic carbocycles. The van der Waals surface area contributed by atoms with E-state index in [-0.39, 0.29) is 0 Å².